The van der Waals surface area contributed by atoms with Crippen molar-refractivity contribution in [3.8, 4) is 0 Å². The number of nitrogens with zero attached hydrogens (tertiary/aromatic N) is 3. The van der Waals surface area contributed by atoms with Crippen molar-refractivity contribution < 1.29 is 22.8 Å². The van der Waals surface area contributed by atoms with Crippen LogP contribution in [0.3, 0.4) is 0 Å². The second-order valence-corrected chi connectivity index (χ2v) is 8.16. The highest BCUT2D eigenvalue weighted by molar-refractivity contribution is 6.32. The van der Waals surface area contributed by atoms with E-state index in [0.29, 0.717) is 11.3 Å². The number of alkyl halides is 3. The Hall–Kier alpha value is -4.12. The zero-order valence-corrected chi connectivity index (χ0v) is 20.0. The number of hydrogen-bond acceptors (Lipinski definition) is 6. The fourth-order valence-electron chi connectivity index (χ4n) is 3.02. The zero-order valence-electron chi connectivity index (χ0n) is 19.3. The van der Waals surface area contributed by atoms with Crippen molar-refractivity contribution in [2.45, 2.75) is 12.6 Å². The number of rotatable bonds is 8. The summed E-state index contributed by atoms with van der Waals surface area (Å²) in [4.78, 5) is 33.5. The van der Waals surface area contributed by atoms with Gasteiger partial charge in [-0.25, -0.2) is 4.98 Å². The van der Waals surface area contributed by atoms with Crippen LogP contribution in [0.25, 0.3) is 0 Å². The number of para-hydroxylation sites is 1. The lowest BCUT2D eigenvalue weighted by Crippen LogP contribution is -2.23. The van der Waals surface area contributed by atoms with Gasteiger partial charge in [0.1, 0.15) is 5.02 Å². The molecule has 3 rings (SSSR count). The molecule has 0 aliphatic heterocycles. The largest absolute Gasteiger partial charge is 0.416 e. The van der Waals surface area contributed by atoms with Crippen LogP contribution in [0.1, 0.15) is 11.1 Å². The van der Waals surface area contributed by atoms with Gasteiger partial charge in [0.05, 0.1) is 18.2 Å². The van der Waals surface area contributed by atoms with Gasteiger partial charge in [0, 0.05) is 31.2 Å². The Labute approximate surface area is 210 Å². The monoisotopic (exact) mass is 518 g/mol. The van der Waals surface area contributed by atoms with Crippen molar-refractivity contribution in [2.24, 2.45) is 0 Å². The van der Waals surface area contributed by atoms with Crippen molar-refractivity contribution in [1.29, 1.82) is 0 Å². The Kier molecular flexibility index (Phi) is 8.15. The van der Waals surface area contributed by atoms with E-state index in [0.717, 1.165) is 18.2 Å². The quantitative estimate of drug-likeness (QED) is 0.346. The molecule has 0 spiro atoms. The summed E-state index contributed by atoms with van der Waals surface area (Å²) < 4.78 is 40.2. The molecule has 0 bridgehead atoms. The molecular formula is C24H22ClF3N6O2. The maximum absolute atomic E-state index is 13.4. The highest BCUT2D eigenvalue weighted by Gasteiger charge is 2.31. The smallest absolute Gasteiger partial charge is 0.349 e. The van der Waals surface area contributed by atoms with Gasteiger partial charge in [-0.05, 0) is 35.9 Å². The van der Waals surface area contributed by atoms with Gasteiger partial charge in [-0.3, -0.25) is 9.59 Å². The number of carbonyl (C=O) groups excluding carboxylic acids is 2. The highest BCUT2D eigenvalue weighted by atomic mass is 35.5. The van der Waals surface area contributed by atoms with Crippen LogP contribution < -0.4 is 16.0 Å². The van der Waals surface area contributed by atoms with E-state index in [1.54, 1.807) is 38.4 Å². The molecule has 1 heterocycles. The van der Waals surface area contributed by atoms with E-state index in [4.69, 9.17) is 11.6 Å². The highest BCUT2D eigenvalue weighted by Crippen LogP contribution is 2.34. The lowest BCUT2D eigenvalue weighted by atomic mass is 10.1. The van der Waals surface area contributed by atoms with E-state index in [2.05, 4.69) is 32.5 Å². The molecule has 2 amide bonds. The molecule has 1 aromatic heterocycles. The molecule has 36 heavy (non-hydrogen) atoms. The summed E-state index contributed by atoms with van der Waals surface area (Å²) in [6.45, 7) is 3.29. The van der Waals surface area contributed by atoms with Gasteiger partial charge in [-0.1, -0.05) is 36.4 Å². The van der Waals surface area contributed by atoms with E-state index in [1.165, 1.54) is 17.2 Å². The average molecular weight is 519 g/mol. The van der Waals surface area contributed by atoms with Crippen molar-refractivity contribution in [2.75, 3.05) is 30.0 Å². The summed E-state index contributed by atoms with van der Waals surface area (Å²) in [6, 6.07) is 10.0. The van der Waals surface area contributed by atoms with Crippen LogP contribution in [0, 0.1) is 0 Å². The summed E-state index contributed by atoms with van der Waals surface area (Å²) in [5.41, 5.74) is 0.172. The first-order valence-electron chi connectivity index (χ1n) is 10.5. The Morgan fingerprint density at radius 2 is 1.81 bits per heavy atom. The van der Waals surface area contributed by atoms with Crippen LogP contribution in [-0.2, 0) is 22.2 Å². The van der Waals surface area contributed by atoms with Crippen LogP contribution >= 0.6 is 11.6 Å². The fraction of sp³-hybridized carbons (Fsp3) is 0.167. The molecule has 0 saturated heterocycles. The molecular weight excluding hydrogens is 497 g/mol. The maximum Gasteiger partial charge on any atom is 0.416 e. The molecule has 8 nitrogen and oxygen atoms in total. The molecule has 0 radical (unpaired) electrons. The number of carbonyl (C=O) groups is 2. The third-order valence-corrected chi connectivity index (χ3v) is 5.10. The second-order valence-electron chi connectivity index (χ2n) is 7.75. The van der Waals surface area contributed by atoms with Gasteiger partial charge in [0.2, 0.25) is 17.8 Å². The Balaban J connectivity index is 1.91. The Morgan fingerprint density at radius 3 is 2.47 bits per heavy atom. The number of halogens is 4. The molecule has 0 aliphatic carbocycles. The summed E-state index contributed by atoms with van der Waals surface area (Å²) in [5.74, 6) is -0.652. The predicted octanol–water partition coefficient (Wildman–Crippen LogP) is 5.39. The zero-order chi connectivity index (χ0) is 26.5. The number of amides is 2. The van der Waals surface area contributed by atoms with E-state index >= 15 is 0 Å². The van der Waals surface area contributed by atoms with Crippen molar-refractivity contribution in [3.63, 3.8) is 0 Å². The van der Waals surface area contributed by atoms with Crippen LogP contribution in [-0.4, -0.2) is 40.8 Å². The molecule has 0 aliphatic rings. The van der Waals surface area contributed by atoms with Crippen LogP contribution in [0.15, 0.2) is 61.3 Å². The standard InChI is InChI=1S/C24H22ClF3N6O2/c1-4-20(35)30-16-10-15(24(26,27)28)11-17(12-16)31-23-29-13-18(25)22(33-23)32-19-8-6-5-7-14(19)9-21(36)34(2)3/h4-8,10-13H,1,9H2,2-3H3,(H,30,35)(H2,29,31,32,33). The Bertz CT molecular complexity index is 1300. The SMILES string of the molecule is C=CC(=O)Nc1cc(Nc2ncc(Cl)c(Nc3ccccc3CC(=O)N(C)C)n2)cc(C(F)(F)F)c1. The summed E-state index contributed by atoms with van der Waals surface area (Å²) in [5, 5.41) is 8.22. The van der Waals surface area contributed by atoms with Gasteiger partial charge >= 0.3 is 6.18 Å². The lowest BCUT2D eigenvalue weighted by molar-refractivity contribution is -0.137. The molecule has 2 aromatic carbocycles. The summed E-state index contributed by atoms with van der Waals surface area (Å²) in [6.07, 6.45) is -2.31. The molecule has 12 heteroatoms. The first-order chi connectivity index (χ1) is 17.0. The van der Waals surface area contributed by atoms with E-state index in [9.17, 15) is 22.8 Å². The molecule has 3 aromatic rings. The van der Waals surface area contributed by atoms with E-state index in [-0.39, 0.29) is 40.5 Å². The first kappa shape index (κ1) is 26.5. The van der Waals surface area contributed by atoms with Crippen molar-refractivity contribution in [1.82, 2.24) is 14.9 Å². The van der Waals surface area contributed by atoms with E-state index in [1.807, 2.05) is 0 Å². The van der Waals surface area contributed by atoms with Gasteiger partial charge in [-0.15, -0.1) is 0 Å². The first-order valence-corrected chi connectivity index (χ1v) is 10.8. The second kappa shape index (κ2) is 11.1. The minimum absolute atomic E-state index is 0.0190. The van der Waals surface area contributed by atoms with Gasteiger partial charge < -0.3 is 20.9 Å². The molecule has 188 valence electrons. The van der Waals surface area contributed by atoms with Crippen molar-refractivity contribution in [3.05, 3.63) is 77.5 Å². The number of aromatic nitrogens is 2. The molecule has 0 fully saturated rings. The number of hydrogen-bond donors (Lipinski definition) is 3. The summed E-state index contributed by atoms with van der Waals surface area (Å²) in [7, 11) is 3.30. The molecule has 0 atom stereocenters. The third-order valence-electron chi connectivity index (χ3n) is 4.82. The topological polar surface area (TPSA) is 99.2 Å². The predicted molar refractivity (Wildman–Crippen MR) is 133 cm³/mol. The Morgan fingerprint density at radius 1 is 1.11 bits per heavy atom. The van der Waals surface area contributed by atoms with Gasteiger partial charge in [0.15, 0.2) is 5.82 Å². The summed E-state index contributed by atoms with van der Waals surface area (Å²) >= 11 is 6.25. The minimum Gasteiger partial charge on any atom is -0.349 e. The van der Waals surface area contributed by atoms with Crippen molar-refractivity contribution >= 4 is 52.2 Å². The minimum atomic E-state index is -4.66. The number of nitrogens with one attached hydrogen (secondary N) is 3. The average Bonchev–Trinajstić information content (AvgIpc) is 2.81. The number of likely N-dealkylation sites (N-methyl/N-ethyl adjacent to an activating group) is 1. The maximum atomic E-state index is 13.4. The normalized spacial score (nSPS) is 10.9. The fourth-order valence-corrected chi connectivity index (χ4v) is 3.16. The molecule has 0 saturated carbocycles. The van der Waals surface area contributed by atoms with Gasteiger partial charge in [-0.2, -0.15) is 18.2 Å². The third kappa shape index (κ3) is 6.95. The van der Waals surface area contributed by atoms with Crippen LogP contribution in [0.4, 0.5) is 42.0 Å². The van der Waals surface area contributed by atoms with Gasteiger partial charge in [0.25, 0.3) is 0 Å². The van der Waals surface area contributed by atoms with E-state index < -0.39 is 17.6 Å². The molecule has 3 N–H and O–H groups in total. The molecule has 0 unspecified atom stereocenters. The lowest BCUT2D eigenvalue weighted by Gasteiger charge is -2.16. The van der Waals surface area contributed by atoms with Crippen LogP contribution in [0.5, 0.6) is 0 Å². The number of benzene rings is 2. The number of anilines is 5. The van der Waals surface area contributed by atoms with Crippen LogP contribution in [0.2, 0.25) is 5.02 Å².